The van der Waals surface area contributed by atoms with Crippen LogP contribution in [-0.4, -0.2) is 45.7 Å². The van der Waals surface area contributed by atoms with Gasteiger partial charge in [0.05, 0.1) is 5.92 Å². The second-order valence-electron chi connectivity index (χ2n) is 8.28. The zero-order valence-electron chi connectivity index (χ0n) is 18.0. The van der Waals surface area contributed by atoms with Crippen LogP contribution in [0.4, 0.5) is 4.39 Å². The van der Waals surface area contributed by atoms with E-state index in [4.69, 9.17) is 5.11 Å². The van der Waals surface area contributed by atoms with Crippen LogP contribution in [0.5, 0.6) is 0 Å². The Hall–Kier alpha value is -2.13. The Balaban J connectivity index is 1.70. The van der Waals surface area contributed by atoms with Gasteiger partial charge in [-0.15, -0.1) is 0 Å². The summed E-state index contributed by atoms with van der Waals surface area (Å²) in [4.78, 5) is 21.7. The lowest BCUT2D eigenvalue weighted by molar-refractivity contribution is -0.147. The van der Waals surface area contributed by atoms with Crippen LogP contribution in [0.25, 0.3) is 0 Å². The van der Waals surface area contributed by atoms with E-state index in [1.807, 2.05) is 11.0 Å². The second kappa shape index (κ2) is 10.5. The molecule has 0 aliphatic carbocycles. The number of amidine groups is 1. The average Bonchev–Trinajstić information content (AvgIpc) is 2.69. The number of benzene rings is 2. The fourth-order valence-corrected chi connectivity index (χ4v) is 4.15. The molecule has 1 saturated heterocycles. The minimum atomic E-state index is -0.794. The monoisotopic (exact) mass is 535 g/mol. The number of aliphatic imine (C=N–C) groups is 2. The van der Waals surface area contributed by atoms with Crippen LogP contribution < -0.4 is 0 Å². The van der Waals surface area contributed by atoms with Gasteiger partial charge in [0, 0.05) is 43.4 Å². The molecule has 1 heterocycles. The van der Waals surface area contributed by atoms with Gasteiger partial charge in [0.15, 0.2) is 5.84 Å². The molecule has 0 unspecified atom stereocenters. The Morgan fingerprint density at radius 3 is 2.39 bits per heavy atom. The first kappa shape index (κ1) is 23.5. The maximum atomic E-state index is 14.7. The molecule has 0 spiro atoms. The topological polar surface area (TPSA) is 65.3 Å². The molecule has 0 aromatic heterocycles. The highest BCUT2D eigenvalue weighted by Crippen LogP contribution is 2.21. The number of halogens is 2. The number of carboxylic acid groups (broad SMARTS) is 1. The van der Waals surface area contributed by atoms with Crippen molar-refractivity contribution in [1.82, 2.24) is 4.90 Å². The molecular formula is C24H27FIN3O2. The summed E-state index contributed by atoms with van der Waals surface area (Å²) in [6.07, 6.45) is 1.04. The first-order valence-electron chi connectivity index (χ1n) is 10.3. The number of likely N-dealkylation sites (tertiary alicyclic amines) is 1. The van der Waals surface area contributed by atoms with E-state index >= 15 is 0 Å². The third-order valence-corrected chi connectivity index (χ3v) is 6.13. The highest BCUT2D eigenvalue weighted by atomic mass is 127. The summed E-state index contributed by atoms with van der Waals surface area (Å²) in [5, 5.41) is 8.97. The Labute approximate surface area is 196 Å². The van der Waals surface area contributed by atoms with Crippen LogP contribution in [0.3, 0.4) is 0 Å². The smallest absolute Gasteiger partial charge is 0.309 e. The standard InChI is InChI=1S/C24H27FIN3O2/c1-15(2)10-16-4-6-17(7-5-16)22(26)28-23(27-3)18-8-9-19(21(25)11-18)12-29-13-20(14-29)24(30)31/h4-9,11,15,20H,10,12-14H2,1-3H3,(H,30,31). The molecule has 7 heteroatoms. The molecule has 164 valence electrons. The number of hydrogen-bond acceptors (Lipinski definition) is 3. The number of nitrogens with zero attached hydrogens (tertiary/aromatic N) is 3. The van der Waals surface area contributed by atoms with Crippen molar-refractivity contribution >= 4 is 38.1 Å². The van der Waals surface area contributed by atoms with Crippen molar-refractivity contribution in [1.29, 1.82) is 0 Å². The Morgan fingerprint density at radius 1 is 1.19 bits per heavy atom. The van der Waals surface area contributed by atoms with Crippen molar-refractivity contribution in [3.8, 4) is 0 Å². The van der Waals surface area contributed by atoms with Gasteiger partial charge >= 0.3 is 5.97 Å². The highest BCUT2D eigenvalue weighted by molar-refractivity contribution is 14.1. The van der Waals surface area contributed by atoms with Crippen LogP contribution in [0.1, 0.15) is 36.1 Å². The van der Waals surface area contributed by atoms with Crippen molar-refractivity contribution in [3.05, 3.63) is 70.5 Å². The Morgan fingerprint density at radius 2 is 1.84 bits per heavy atom. The molecule has 2 aromatic rings. The number of aliphatic carboxylic acids is 1. The molecule has 3 rings (SSSR count). The lowest BCUT2D eigenvalue weighted by Crippen LogP contribution is -2.49. The Bertz CT molecular complexity index is 996. The second-order valence-corrected chi connectivity index (χ2v) is 9.30. The number of hydrogen-bond donors (Lipinski definition) is 1. The summed E-state index contributed by atoms with van der Waals surface area (Å²) in [5.74, 6) is -0.401. The van der Waals surface area contributed by atoms with E-state index in [2.05, 4.69) is 70.7 Å². The molecule has 0 atom stereocenters. The largest absolute Gasteiger partial charge is 0.481 e. The van der Waals surface area contributed by atoms with Gasteiger partial charge in [0.2, 0.25) is 0 Å². The minimum Gasteiger partial charge on any atom is -0.481 e. The molecule has 2 aromatic carbocycles. The third kappa shape index (κ3) is 6.20. The summed E-state index contributed by atoms with van der Waals surface area (Å²) < 4.78 is 15.5. The molecule has 0 amide bonds. The summed E-state index contributed by atoms with van der Waals surface area (Å²) >= 11 is 2.18. The molecule has 1 aliphatic heterocycles. The van der Waals surface area contributed by atoms with E-state index in [9.17, 15) is 9.18 Å². The van der Waals surface area contributed by atoms with Crippen molar-refractivity contribution in [2.24, 2.45) is 21.8 Å². The summed E-state index contributed by atoms with van der Waals surface area (Å²) in [7, 11) is 1.65. The van der Waals surface area contributed by atoms with Gasteiger partial charge in [-0.2, -0.15) is 0 Å². The van der Waals surface area contributed by atoms with Crippen LogP contribution in [0.2, 0.25) is 0 Å². The van der Waals surface area contributed by atoms with E-state index in [0.29, 0.717) is 42.5 Å². The molecular weight excluding hydrogens is 508 g/mol. The van der Waals surface area contributed by atoms with Crippen LogP contribution in [-0.2, 0) is 17.8 Å². The number of carbonyl (C=O) groups is 1. The summed E-state index contributed by atoms with van der Waals surface area (Å²) in [6.45, 7) is 5.71. The molecule has 0 radical (unpaired) electrons. The minimum absolute atomic E-state index is 0.333. The quantitative estimate of drug-likeness (QED) is 0.315. The fraction of sp³-hybridized carbons (Fsp3) is 0.375. The molecule has 31 heavy (non-hydrogen) atoms. The van der Waals surface area contributed by atoms with Gasteiger partial charge in [0.1, 0.15) is 9.54 Å². The summed E-state index contributed by atoms with van der Waals surface area (Å²) in [6, 6.07) is 13.3. The first-order valence-corrected chi connectivity index (χ1v) is 11.4. The molecule has 1 fully saturated rings. The van der Waals surface area contributed by atoms with Crippen molar-refractivity contribution in [3.63, 3.8) is 0 Å². The average molecular weight is 535 g/mol. The predicted molar refractivity (Wildman–Crippen MR) is 131 cm³/mol. The van der Waals surface area contributed by atoms with Gasteiger partial charge in [-0.3, -0.25) is 14.7 Å². The van der Waals surface area contributed by atoms with Crippen LogP contribution in [0, 0.1) is 17.7 Å². The first-order chi connectivity index (χ1) is 14.8. The maximum Gasteiger partial charge on any atom is 0.309 e. The van der Waals surface area contributed by atoms with Gasteiger partial charge in [-0.1, -0.05) is 50.2 Å². The van der Waals surface area contributed by atoms with Crippen LogP contribution >= 0.6 is 22.6 Å². The van der Waals surface area contributed by atoms with Crippen molar-refractivity contribution < 1.29 is 14.3 Å². The SMILES string of the molecule is CN=C(N=C(I)c1ccc(CC(C)C)cc1)c1ccc(CN2CC(C(=O)O)C2)c(F)c1. The van der Waals surface area contributed by atoms with E-state index < -0.39 is 5.97 Å². The molecule has 0 saturated carbocycles. The molecule has 0 bridgehead atoms. The van der Waals surface area contributed by atoms with E-state index in [-0.39, 0.29) is 11.7 Å². The molecule has 5 nitrogen and oxygen atoms in total. The molecule has 1 aliphatic rings. The van der Waals surface area contributed by atoms with Gasteiger partial charge in [0.25, 0.3) is 0 Å². The highest BCUT2D eigenvalue weighted by Gasteiger charge is 2.32. The zero-order valence-corrected chi connectivity index (χ0v) is 20.1. The van der Waals surface area contributed by atoms with Gasteiger partial charge in [-0.25, -0.2) is 9.38 Å². The van der Waals surface area contributed by atoms with E-state index in [1.165, 1.54) is 11.6 Å². The fourth-order valence-electron chi connectivity index (χ4n) is 3.56. The Kier molecular flexibility index (Phi) is 7.94. The van der Waals surface area contributed by atoms with E-state index in [0.717, 1.165) is 15.7 Å². The van der Waals surface area contributed by atoms with Crippen LogP contribution in [0.15, 0.2) is 52.4 Å². The maximum absolute atomic E-state index is 14.7. The van der Waals surface area contributed by atoms with Crippen molar-refractivity contribution in [2.75, 3.05) is 20.1 Å². The van der Waals surface area contributed by atoms with Gasteiger partial charge < -0.3 is 5.11 Å². The predicted octanol–water partition coefficient (Wildman–Crippen LogP) is 4.80. The zero-order chi connectivity index (χ0) is 22.5. The normalized spacial score (nSPS) is 15.9. The van der Waals surface area contributed by atoms with Crippen molar-refractivity contribution in [2.45, 2.75) is 26.8 Å². The molecule has 1 N–H and O–H groups in total. The lowest BCUT2D eigenvalue weighted by atomic mass is 9.99. The van der Waals surface area contributed by atoms with Gasteiger partial charge in [-0.05, 0) is 46.6 Å². The lowest BCUT2D eigenvalue weighted by Gasteiger charge is -2.36. The third-order valence-electron chi connectivity index (χ3n) is 5.26. The number of rotatable bonds is 7. The number of carboxylic acids is 1. The summed E-state index contributed by atoms with van der Waals surface area (Å²) in [5.41, 5.74) is 3.45. The van der Waals surface area contributed by atoms with E-state index in [1.54, 1.807) is 13.1 Å².